The monoisotopic (exact) mass is 280 g/mol. The number of carbonyl (C=O) groups excluding carboxylic acids is 1. The summed E-state index contributed by atoms with van der Waals surface area (Å²) < 4.78 is 0. The molecule has 1 saturated carbocycles. The Morgan fingerprint density at radius 1 is 1.05 bits per heavy atom. The van der Waals surface area contributed by atoms with Gasteiger partial charge in [-0.1, -0.05) is 36.4 Å². The predicted molar refractivity (Wildman–Crippen MR) is 83.9 cm³/mol. The Kier molecular flexibility index (Phi) is 4.02. The highest BCUT2D eigenvalue weighted by molar-refractivity contribution is 5.92. The Morgan fingerprint density at radius 2 is 1.76 bits per heavy atom. The lowest BCUT2D eigenvalue weighted by atomic mass is 10.1. The first kappa shape index (κ1) is 13.8. The molecule has 1 aliphatic rings. The molecule has 2 aromatic carbocycles. The molecule has 3 rings (SSSR count). The van der Waals surface area contributed by atoms with Gasteiger partial charge in [-0.2, -0.15) is 0 Å². The molecule has 1 amide bonds. The van der Waals surface area contributed by atoms with Crippen LogP contribution in [0.3, 0.4) is 0 Å². The number of carbonyl (C=O) groups is 1. The van der Waals surface area contributed by atoms with Crippen LogP contribution < -0.4 is 11.1 Å². The Hall–Kier alpha value is -2.13. The average Bonchev–Trinajstić information content (AvgIpc) is 3.33. The van der Waals surface area contributed by atoms with Crippen molar-refractivity contribution in [2.24, 2.45) is 5.73 Å². The maximum Gasteiger partial charge on any atom is 0.248 e. The molecule has 1 aliphatic carbocycles. The van der Waals surface area contributed by atoms with Gasteiger partial charge in [-0.25, -0.2) is 0 Å². The lowest BCUT2D eigenvalue weighted by molar-refractivity contribution is 0.1000. The zero-order chi connectivity index (χ0) is 14.7. The van der Waals surface area contributed by atoms with E-state index in [9.17, 15) is 4.79 Å². The maximum atomic E-state index is 11.1. The van der Waals surface area contributed by atoms with E-state index in [1.54, 1.807) is 6.07 Å². The van der Waals surface area contributed by atoms with Gasteiger partial charge in [-0.15, -0.1) is 0 Å². The molecular formula is C18H20N2O. The molecule has 0 radical (unpaired) electrons. The number of primary amides is 1. The average molecular weight is 280 g/mol. The first-order valence-corrected chi connectivity index (χ1v) is 7.40. The fourth-order valence-corrected chi connectivity index (χ4v) is 2.51. The zero-order valence-electron chi connectivity index (χ0n) is 12.0. The first-order chi connectivity index (χ1) is 10.2. The highest BCUT2D eigenvalue weighted by atomic mass is 16.1. The standard InChI is InChI=1S/C18H20N2O/c19-18(21)17-3-1-2-14(10-17)12-20-11-13-4-6-15(7-5-13)16-8-9-16/h1-7,10,16,20H,8-9,11-12H2,(H2,19,21). The van der Waals surface area contributed by atoms with Crippen LogP contribution in [0.1, 0.15) is 45.8 Å². The van der Waals surface area contributed by atoms with E-state index in [2.05, 4.69) is 29.6 Å². The molecule has 3 nitrogen and oxygen atoms in total. The first-order valence-electron chi connectivity index (χ1n) is 7.40. The summed E-state index contributed by atoms with van der Waals surface area (Å²) >= 11 is 0. The SMILES string of the molecule is NC(=O)c1cccc(CNCc2ccc(C3CC3)cc2)c1. The zero-order valence-corrected chi connectivity index (χ0v) is 12.0. The fourth-order valence-electron chi connectivity index (χ4n) is 2.51. The minimum Gasteiger partial charge on any atom is -0.366 e. The summed E-state index contributed by atoms with van der Waals surface area (Å²) in [7, 11) is 0. The minimum absolute atomic E-state index is 0.382. The smallest absolute Gasteiger partial charge is 0.248 e. The molecule has 0 spiro atoms. The van der Waals surface area contributed by atoms with E-state index in [-0.39, 0.29) is 5.91 Å². The highest BCUT2D eigenvalue weighted by Gasteiger charge is 2.22. The van der Waals surface area contributed by atoms with Gasteiger partial charge in [0.05, 0.1) is 0 Å². The van der Waals surface area contributed by atoms with E-state index in [0.717, 1.165) is 24.6 Å². The summed E-state index contributed by atoms with van der Waals surface area (Å²) in [5.41, 5.74) is 9.66. The number of rotatable bonds is 6. The number of nitrogens with two attached hydrogens (primary N) is 1. The van der Waals surface area contributed by atoms with Crippen LogP contribution >= 0.6 is 0 Å². The van der Waals surface area contributed by atoms with Gasteiger partial charge in [0.2, 0.25) is 5.91 Å². The topological polar surface area (TPSA) is 55.1 Å². The summed E-state index contributed by atoms with van der Waals surface area (Å²) in [6.45, 7) is 1.55. The molecule has 0 atom stereocenters. The second-order valence-corrected chi connectivity index (χ2v) is 5.68. The lowest BCUT2D eigenvalue weighted by Crippen LogP contribution is -2.14. The third kappa shape index (κ3) is 3.70. The normalized spacial score (nSPS) is 14.1. The molecule has 3 N–H and O–H groups in total. The Bertz CT molecular complexity index is 630. The van der Waals surface area contributed by atoms with E-state index in [1.807, 2.05) is 18.2 Å². The van der Waals surface area contributed by atoms with Crippen molar-refractivity contribution in [1.82, 2.24) is 5.32 Å². The van der Waals surface area contributed by atoms with Crippen molar-refractivity contribution in [3.05, 3.63) is 70.8 Å². The van der Waals surface area contributed by atoms with E-state index in [1.165, 1.54) is 24.0 Å². The van der Waals surface area contributed by atoms with E-state index < -0.39 is 0 Å². The summed E-state index contributed by atoms with van der Waals surface area (Å²) in [4.78, 5) is 11.1. The third-order valence-corrected chi connectivity index (χ3v) is 3.90. The van der Waals surface area contributed by atoms with E-state index in [4.69, 9.17) is 5.73 Å². The van der Waals surface area contributed by atoms with Crippen molar-refractivity contribution in [1.29, 1.82) is 0 Å². The number of hydrogen-bond donors (Lipinski definition) is 2. The molecule has 1 fully saturated rings. The van der Waals surface area contributed by atoms with Gasteiger partial charge in [0, 0.05) is 18.7 Å². The van der Waals surface area contributed by atoms with Crippen LogP contribution in [0, 0.1) is 0 Å². The van der Waals surface area contributed by atoms with Gasteiger partial charge in [-0.3, -0.25) is 4.79 Å². The molecule has 0 aliphatic heterocycles. The Labute approximate surface area is 125 Å². The van der Waals surface area contributed by atoms with Crippen molar-refractivity contribution in [3.63, 3.8) is 0 Å². The van der Waals surface area contributed by atoms with Crippen LogP contribution in [0.5, 0.6) is 0 Å². The van der Waals surface area contributed by atoms with Crippen LogP contribution in [0.2, 0.25) is 0 Å². The van der Waals surface area contributed by atoms with Crippen molar-refractivity contribution in [3.8, 4) is 0 Å². The summed E-state index contributed by atoms with van der Waals surface area (Å²) in [5, 5.41) is 3.40. The molecule has 0 heterocycles. The lowest BCUT2D eigenvalue weighted by Gasteiger charge is -2.07. The van der Waals surface area contributed by atoms with Crippen LogP contribution in [0.15, 0.2) is 48.5 Å². The van der Waals surface area contributed by atoms with Gasteiger partial charge in [-0.05, 0) is 47.6 Å². The van der Waals surface area contributed by atoms with Crippen LogP contribution in [-0.4, -0.2) is 5.91 Å². The number of benzene rings is 2. The van der Waals surface area contributed by atoms with Gasteiger partial charge in [0.25, 0.3) is 0 Å². The number of hydrogen-bond acceptors (Lipinski definition) is 2. The molecule has 21 heavy (non-hydrogen) atoms. The van der Waals surface area contributed by atoms with Crippen molar-refractivity contribution < 1.29 is 4.79 Å². The van der Waals surface area contributed by atoms with Crippen LogP contribution in [0.4, 0.5) is 0 Å². The molecule has 0 bridgehead atoms. The summed E-state index contributed by atoms with van der Waals surface area (Å²) in [6, 6.07) is 16.3. The molecule has 0 unspecified atom stereocenters. The van der Waals surface area contributed by atoms with Gasteiger partial charge < -0.3 is 11.1 Å². The van der Waals surface area contributed by atoms with E-state index >= 15 is 0 Å². The van der Waals surface area contributed by atoms with E-state index in [0.29, 0.717) is 5.56 Å². The van der Waals surface area contributed by atoms with Crippen molar-refractivity contribution in [2.45, 2.75) is 31.8 Å². The van der Waals surface area contributed by atoms with Crippen LogP contribution in [-0.2, 0) is 13.1 Å². The van der Waals surface area contributed by atoms with Crippen LogP contribution in [0.25, 0.3) is 0 Å². The minimum atomic E-state index is -0.382. The molecule has 2 aromatic rings. The largest absolute Gasteiger partial charge is 0.366 e. The quantitative estimate of drug-likeness (QED) is 0.854. The Morgan fingerprint density at radius 3 is 2.43 bits per heavy atom. The molecule has 0 aromatic heterocycles. The number of nitrogens with one attached hydrogen (secondary N) is 1. The fraction of sp³-hybridized carbons (Fsp3) is 0.278. The Balaban J connectivity index is 1.53. The molecule has 3 heteroatoms. The van der Waals surface area contributed by atoms with Crippen molar-refractivity contribution >= 4 is 5.91 Å². The summed E-state index contributed by atoms with van der Waals surface area (Å²) in [6.07, 6.45) is 2.68. The third-order valence-electron chi connectivity index (χ3n) is 3.90. The van der Waals surface area contributed by atoms with Crippen molar-refractivity contribution in [2.75, 3.05) is 0 Å². The second-order valence-electron chi connectivity index (χ2n) is 5.68. The predicted octanol–water partition coefficient (Wildman–Crippen LogP) is 2.95. The molecular weight excluding hydrogens is 260 g/mol. The van der Waals surface area contributed by atoms with Gasteiger partial charge in [0.15, 0.2) is 0 Å². The molecule has 0 saturated heterocycles. The molecule has 108 valence electrons. The van der Waals surface area contributed by atoms with Gasteiger partial charge in [0.1, 0.15) is 0 Å². The maximum absolute atomic E-state index is 11.1. The van der Waals surface area contributed by atoms with Gasteiger partial charge >= 0.3 is 0 Å². The highest BCUT2D eigenvalue weighted by Crippen LogP contribution is 2.39. The summed E-state index contributed by atoms with van der Waals surface area (Å²) in [5.74, 6) is 0.427. The number of amides is 1. The second kappa shape index (κ2) is 6.10.